The number of hydrogen-bond donors (Lipinski definition) is 0. The van der Waals surface area contributed by atoms with Crippen molar-refractivity contribution < 1.29 is 55.0 Å². The Kier molecular flexibility index (Phi) is 17.5. The number of Topliss-reactive ketones (excluding diaryl/α,β-unsaturated/α-hetero) is 1. The molecule has 1 aromatic rings. The van der Waals surface area contributed by atoms with Gasteiger partial charge in [-0.25, -0.2) is 4.39 Å². The van der Waals surface area contributed by atoms with Crippen molar-refractivity contribution >= 4 is 17.7 Å². The molecule has 0 N–H and O–H groups in total. The van der Waals surface area contributed by atoms with Crippen LogP contribution >= 0.6 is 0 Å². The first-order valence-corrected chi connectivity index (χ1v) is 22.0. The molecule has 7 unspecified atom stereocenters. The fourth-order valence-electron chi connectivity index (χ4n) is 8.90. The van der Waals surface area contributed by atoms with Gasteiger partial charge < -0.3 is 9.47 Å². The summed E-state index contributed by atoms with van der Waals surface area (Å²) in [6.07, 6.45) is -7.48. The van der Waals surface area contributed by atoms with E-state index in [1.54, 1.807) is 13.8 Å². The van der Waals surface area contributed by atoms with Gasteiger partial charge in [-0.3, -0.25) is 19.2 Å². The van der Waals surface area contributed by atoms with Crippen molar-refractivity contribution in [2.45, 2.75) is 191 Å². The third-order valence-electron chi connectivity index (χ3n) is 15.6. The van der Waals surface area contributed by atoms with Crippen LogP contribution in [-0.4, -0.2) is 72.0 Å². The van der Waals surface area contributed by atoms with E-state index in [2.05, 4.69) is 20.8 Å². The Balaban J connectivity index is 2.76. The first-order chi connectivity index (χ1) is 27.6. The third kappa shape index (κ3) is 11.7. The van der Waals surface area contributed by atoms with Crippen LogP contribution in [0.25, 0.3) is 0 Å². The first-order valence-electron chi connectivity index (χ1n) is 22.0. The lowest BCUT2D eigenvalue weighted by Gasteiger charge is -2.57. The van der Waals surface area contributed by atoms with E-state index in [-0.39, 0.29) is 37.8 Å². The SMILES string of the molecule is CCCCOC(=O)C(CC(C)(C)C(C)c1ccccc1)C(C)(C)C(C)(C)CC(C)(C(=O)OCC(F)(F)C(F)C(F)(F)F)C(C)(C)CON1C(C)(CC)CC(=O)C(C)C1(C)CC. The van der Waals surface area contributed by atoms with E-state index in [1.165, 1.54) is 6.92 Å². The molecule has 61 heavy (non-hydrogen) atoms. The van der Waals surface area contributed by atoms with Crippen LogP contribution in [0.5, 0.6) is 0 Å². The molecule has 1 fully saturated rings. The van der Waals surface area contributed by atoms with E-state index in [0.29, 0.717) is 25.7 Å². The van der Waals surface area contributed by atoms with Gasteiger partial charge in [0.05, 0.1) is 35.6 Å². The van der Waals surface area contributed by atoms with Crippen LogP contribution in [0.3, 0.4) is 0 Å². The number of hydroxylamine groups is 2. The van der Waals surface area contributed by atoms with E-state index >= 15 is 0 Å². The number of ketones is 1. The van der Waals surface area contributed by atoms with Crippen LogP contribution in [0.4, 0.5) is 26.3 Å². The zero-order valence-electron chi connectivity index (χ0n) is 39.9. The number of rotatable bonds is 22. The number of carbonyl (C=O) groups excluding carboxylic acids is 3. The Bertz CT molecular complexity index is 1630. The Labute approximate surface area is 362 Å². The van der Waals surface area contributed by atoms with Crippen molar-refractivity contribution in [1.29, 1.82) is 0 Å². The normalized spacial score (nSPS) is 23.8. The monoisotopic (exact) mass is 878 g/mol. The summed E-state index contributed by atoms with van der Waals surface area (Å²) in [5.41, 5.74) is -5.97. The van der Waals surface area contributed by atoms with Gasteiger partial charge in [-0.1, -0.05) is 127 Å². The van der Waals surface area contributed by atoms with Gasteiger partial charge >= 0.3 is 24.0 Å². The maximum absolute atomic E-state index is 14.8. The summed E-state index contributed by atoms with van der Waals surface area (Å²) in [6.45, 7) is 28.2. The van der Waals surface area contributed by atoms with Crippen molar-refractivity contribution in [1.82, 2.24) is 5.06 Å². The third-order valence-corrected chi connectivity index (χ3v) is 15.6. The highest BCUT2D eigenvalue weighted by atomic mass is 19.4. The first kappa shape index (κ1) is 54.5. The molecule has 2 rings (SSSR count). The molecule has 0 aromatic heterocycles. The number of benzene rings is 1. The molecule has 0 radical (unpaired) electrons. The minimum absolute atomic E-state index is 0.00277. The predicted octanol–water partition coefficient (Wildman–Crippen LogP) is 12.9. The molecule has 1 saturated heterocycles. The molecule has 1 aliphatic heterocycles. The molecule has 352 valence electrons. The average Bonchev–Trinajstić information content (AvgIpc) is 3.16. The van der Waals surface area contributed by atoms with Gasteiger partial charge in [0, 0.05) is 17.8 Å². The number of alkyl halides is 6. The summed E-state index contributed by atoms with van der Waals surface area (Å²) < 4.78 is 94.2. The van der Waals surface area contributed by atoms with Crippen LogP contribution in [0.2, 0.25) is 0 Å². The molecule has 0 bridgehead atoms. The summed E-state index contributed by atoms with van der Waals surface area (Å²) in [4.78, 5) is 48.9. The molecular weight excluding hydrogens is 801 g/mol. The maximum Gasteiger partial charge on any atom is 0.425 e. The summed E-state index contributed by atoms with van der Waals surface area (Å²) in [5, 5.41) is 1.83. The van der Waals surface area contributed by atoms with Crippen LogP contribution < -0.4 is 0 Å². The van der Waals surface area contributed by atoms with Crippen LogP contribution in [0, 0.1) is 38.9 Å². The summed E-state index contributed by atoms with van der Waals surface area (Å²) >= 11 is 0. The van der Waals surface area contributed by atoms with Gasteiger partial charge in [0.25, 0.3) is 6.17 Å². The van der Waals surface area contributed by atoms with Gasteiger partial charge in [0.2, 0.25) is 0 Å². The number of ether oxygens (including phenoxy) is 2. The Morgan fingerprint density at radius 2 is 1.41 bits per heavy atom. The molecule has 0 saturated carbocycles. The van der Waals surface area contributed by atoms with Gasteiger partial charge in [-0.05, 0) is 80.6 Å². The fourth-order valence-corrected chi connectivity index (χ4v) is 8.90. The minimum atomic E-state index is -5.89. The number of nitrogens with zero attached hydrogens (tertiary/aromatic N) is 1. The number of esters is 2. The van der Waals surface area contributed by atoms with Gasteiger partial charge in [0.15, 0.2) is 6.61 Å². The zero-order chi connectivity index (χ0) is 47.4. The molecule has 7 atom stereocenters. The van der Waals surface area contributed by atoms with Crippen molar-refractivity contribution in [2.24, 2.45) is 38.9 Å². The van der Waals surface area contributed by atoms with Gasteiger partial charge in [0.1, 0.15) is 5.78 Å². The molecule has 0 aliphatic carbocycles. The number of hydrogen-bond acceptors (Lipinski definition) is 7. The molecule has 1 heterocycles. The second-order valence-electron chi connectivity index (χ2n) is 21.1. The van der Waals surface area contributed by atoms with Crippen LogP contribution in [-0.2, 0) is 28.7 Å². The van der Waals surface area contributed by atoms with E-state index in [9.17, 15) is 40.7 Å². The predicted molar refractivity (Wildman–Crippen MR) is 228 cm³/mol. The lowest BCUT2D eigenvalue weighted by atomic mass is 9.50. The topological polar surface area (TPSA) is 82.1 Å². The second kappa shape index (κ2) is 19.6. The van der Waals surface area contributed by atoms with E-state index in [1.807, 2.05) is 105 Å². The zero-order valence-corrected chi connectivity index (χ0v) is 39.9. The van der Waals surface area contributed by atoms with Gasteiger partial charge in [-0.2, -0.15) is 27.0 Å². The molecule has 0 amide bonds. The smallest absolute Gasteiger partial charge is 0.425 e. The molecule has 0 spiro atoms. The Hall–Kier alpha value is -2.67. The fraction of sp³-hybridized carbons (Fsp3) is 0.812. The van der Waals surface area contributed by atoms with Crippen molar-refractivity contribution in [3.8, 4) is 0 Å². The summed E-state index contributed by atoms with van der Waals surface area (Å²) in [6, 6.07) is 9.93. The van der Waals surface area contributed by atoms with E-state index in [4.69, 9.17) is 14.3 Å². The molecule has 1 aliphatic rings. The minimum Gasteiger partial charge on any atom is -0.465 e. The maximum atomic E-state index is 14.8. The highest BCUT2D eigenvalue weighted by Gasteiger charge is 2.61. The summed E-state index contributed by atoms with van der Waals surface area (Å²) in [7, 11) is 0. The standard InChI is InChI=1S/C48H77F6NO6/c1-17-20-26-59-37(57)35(27-40(6,7)32(4)34-24-22-21-23-25-34)43(12,13)41(8,9)29-45(15,39(58)60-31-47(50,51)38(49)48(52,53)54)42(10,11)30-61-55-44(14,18-2)28-36(56)33(5)46(55,16)19-3/h21-25,32-33,35,38H,17-20,26-31H2,1-16H3. The Morgan fingerprint density at radius 3 is 1.90 bits per heavy atom. The molecular formula is C48H77F6NO6. The molecule has 1 aromatic carbocycles. The number of unbranched alkanes of at least 4 members (excludes halogenated alkanes) is 1. The highest BCUT2D eigenvalue weighted by molar-refractivity contribution is 5.84. The van der Waals surface area contributed by atoms with E-state index < -0.39 is 86.8 Å². The lowest BCUT2D eigenvalue weighted by Crippen LogP contribution is -2.67. The van der Waals surface area contributed by atoms with Crippen molar-refractivity contribution in [3.63, 3.8) is 0 Å². The Morgan fingerprint density at radius 1 is 0.852 bits per heavy atom. The molecule has 7 nitrogen and oxygen atoms in total. The van der Waals surface area contributed by atoms with Gasteiger partial charge in [-0.15, -0.1) is 0 Å². The number of halogens is 6. The van der Waals surface area contributed by atoms with Crippen LogP contribution in [0.15, 0.2) is 30.3 Å². The lowest BCUT2D eigenvalue weighted by molar-refractivity contribution is -0.310. The summed E-state index contributed by atoms with van der Waals surface area (Å²) in [5.74, 6) is -7.82. The average molecular weight is 878 g/mol. The molecule has 13 heteroatoms. The van der Waals surface area contributed by atoms with E-state index in [0.717, 1.165) is 12.0 Å². The number of carbonyl (C=O) groups is 3. The second-order valence-corrected chi connectivity index (χ2v) is 21.1. The number of piperidine rings is 1. The highest BCUT2D eigenvalue weighted by Crippen LogP contribution is 2.59. The largest absolute Gasteiger partial charge is 0.465 e. The van der Waals surface area contributed by atoms with Crippen molar-refractivity contribution in [3.05, 3.63) is 35.9 Å². The van der Waals surface area contributed by atoms with Crippen molar-refractivity contribution in [2.75, 3.05) is 19.8 Å². The van der Waals surface area contributed by atoms with Crippen LogP contribution in [0.1, 0.15) is 167 Å². The quantitative estimate of drug-likeness (QED) is 0.0652.